The molecule has 0 aliphatic carbocycles. The minimum Gasteiger partial charge on any atom is -0.483 e. The van der Waals surface area contributed by atoms with Crippen LogP contribution in [0, 0.1) is 13.8 Å². The minimum atomic E-state index is -0.0857. The predicted octanol–water partition coefficient (Wildman–Crippen LogP) is 4.35. The van der Waals surface area contributed by atoms with Gasteiger partial charge in [0.15, 0.2) is 11.7 Å². The van der Waals surface area contributed by atoms with Crippen molar-refractivity contribution in [1.29, 1.82) is 0 Å². The monoisotopic (exact) mass is 340 g/mol. The molecule has 0 saturated heterocycles. The quantitative estimate of drug-likeness (QED) is 0.694. The number of fused-ring (bicyclic) bond motifs is 1. The standard InChI is InChI=1S/C19H20N2O2S/c1-4-21(17(22)12-23-15-10-6-5-8-13(15)2)19-20-18-14(3)9-7-11-16(18)24-19/h5-11H,4,12H2,1-3H3. The largest absolute Gasteiger partial charge is 0.483 e. The Balaban J connectivity index is 1.78. The summed E-state index contributed by atoms with van der Waals surface area (Å²) < 4.78 is 6.78. The lowest BCUT2D eigenvalue weighted by Crippen LogP contribution is -2.34. The van der Waals surface area contributed by atoms with Crippen molar-refractivity contribution in [3.05, 3.63) is 53.6 Å². The van der Waals surface area contributed by atoms with Crippen molar-refractivity contribution < 1.29 is 9.53 Å². The van der Waals surface area contributed by atoms with Gasteiger partial charge in [0, 0.05) is 6.54 Å². The van der Waals surface area contributed by atoms with Gasteiger partial charge in [0.05, 0.1) is 10.2 Å². The molecule has 3 aromatic rings. The number of ether oxygens (including phenoxy) is 1. The second kappa shape index (κ2) is 7.01. The van der Waals surface area contributed by atoms with Crippen LogP contribution in [0.25, 0.3) is 10.2 Å². The summed E-state index contributed by atoms with van der Waals surface area (Å²) in [6.45, 7) is 6.52. The van der Waals surface area contributed by atoms with Gasteiger partial charge in [-0.1, -0.05) is 41.7 Å². The Labute approximate surface area is 145 Å². The van der Waals surface area contributed by atoms with Crippen LogP contribution in [0.15, 0.2) is 42.5 Å². The highest BCUT2D eigenvalue weighted by Crippen LogP contribution is 2.30. The van der Waals surface area contributed by atoms with E-state index in [0.717, 1.165) is 32.2 Å². The molecule has 5 heteroatoms. The van der Waals surface area contributed by atoms with E-state index in [1.165, 1.54) is 11.3 Å². The Morgan fingerprint density at radius 1 is 1.12 bits per heavy atom. The summed E-state index contributed by atoms with van der Waals surface area (Å²) in [5, 5.41) is 0.722. The second-order valence-corrected chi connectivity index (χ2v) is 6.62. The molecular weight excluding hydrogens is 320 g/mol. The number of benzene rings is 2. The summed E-state index contributed by atoms with van der Waals surface area (Å²) in [5.74, 6) is 0.652. The van der Waals surface area contributed by atoms with Crippen LogP contribution >= 0.6 is 11.3 Å². The lowest BCUT2D eigenvalue weighted by molar-refractivity contribution is -0.120. The number of carbonyl (C=O) groups excluding carboxylic acids is 1. The maximum Gasteiger partial charge on any atom is 0.266 e. The Hall–Kier alpha value is -2.40. The van der Waals surface area contributed by atoms with Crippen molar-refractivity contribution in [3.8, 4) is 5.75 Å². The van der Waals surface area contributed by atoms with Crippen molar-refractivity contribution in [1.82, 2.24) is 4.98 Å². The molecule has 0 saturated carbocycles. The number of hydrogen-bond acceptors (Lipinski definition) is 4. The molecule has 0 N–H and O–H groups in total. The van der Waals surface area contributed by atoms with Crippen molar-refractivity contribution in [2.45, 2.75) is 20.8 Å². The Morgan fingerprint density at radius 3 is 2.58 bits per heavy atom. The number of nitrogens with zero attached hydrogens (tertiary/aromatic N) is 2. The lowest BCUT2D eigenvalue weighted by Gasteiger charge is -2.18. The van der Waals surface area contributed by atoms with E-state index in [9.17, 15) is 4.79 Å². The van der Waals surface area contributed by atoms with Gasteiger partial charge in [-0.3, -0.25) is 9.69 Å². The highest BCUT2D eigenvalue weighted by molar-refractivity contribution is 7.22. The van der Waals surface area contributed by atoms with Gasteiger partial charge in [-0.15, -0.1) is 0 Å². The smallest absolute Gasteiger partial charge is 0.266 e. The lowest BCUT2D eigenvalue weighted by atomic mass is 10.2. The molecule has 1 aromatic heterocycles. The van der Waals surface area contributed by atoms with E-state index in [4.69, 9.17) is 4.74 Å². The molecule has 0 radical (unpaired) electrons. The summed E-state index contributed by atoms with van der Waals surface area (Å²) in [6, 6.07) is 13.8. The first-order valence-corrected chi connectivity index (χ1v) is 8.76. The van der Waals surface area contributed by atoms with Crippen LogP contribution in [-0.2, 0) is 4.79 Å². The first kappa shape index (κ1) is 16.5. The third kappa shape index (κ3) is 3.26. The molecule has 1 heterocycles. The molecule has 0 atom stereocenters. The molecule has 0 spiro atoms. The molecule has 24 heavy (non-hydrogen) atoms. The highest BCUT2D eigenvalue weighted by Gasteiger charge is 2.19. The first-order chi connectivity index (χ1) is 11.6. The maximum atomic E-state index is 12.6. The molecule has 2 aromatic carbocycles. The zero-order chi connectivity index (χ0) is 17.1. The Kier molecular flexibility index (Phi) is 4.81. The maximum absolute atomic E-state index is 12.6. The van der Waals surface area contributed by atoms with E-state index in [0.29, 0.717) is 6.54 Å². The number of anilines is 1. The van der Waals surface area contributed by atoms with E-state index < -0.39 is 0 Å². The van der Waals surface area contributed by atoms with E-state index in [2.05, 4.69) is 4.98 Å². The van der Waals surface area contributed by atoms with Crippen molar-refractivity contribution in [2.24, 2.45) is 0 Å². The fourth-order valence-electron chi connectivity index (χ4n) is 2.54. The first-order valence-electron chi connectivity index (χ1n) is 7.95. The van der Waals surface area contributed by atoms with E-state index in [1.54, 1.807) is 4.90 Å². The van der Waals surface area contributed by atoms with Crippen molar-refractivity contribution >= 4 is 32.6 Å². The van der Waals surface area contributed by atoms with Gasteiger partial charge in [-0.2, -0.15) is 0 Å². The van der Waals surface area contributed by atoms with E-state index >= 15 is 0 Å². The summed E-state index contributed by atoms with van der Waals surface area (Å²) in [4.78, 5) is 18.9. The van der Waals surface area contributed by atoms with E-state index in [-0.39, 0.29) is 12.5 Å². The van der Waals surface area contributed by atoms with Crippen LogP contribution in [0.4, 0.5) is 5.13 Å². The number of aromatic nitrogens is 1. The van der Waals surface area contributed by atoms with Gasteiger partial charge in [0.25, 0.3) is 5.91 Å². The Morgan fingerprint density at radius 2 is 1.88 bits per heavy atom. The van der Waals surface area contributed by atoms with Crippen LogP contribution in [0.5, 0.6) is 5.75 Å². The molecule has 0 unspecified atom stereocenters. The topological polar surface area (TPSA) is 42.4 Å². The molecule has 0 bridgehead atoms. The molecule has 0 aliphatic rings. The number of aryl methyl sites for hydroxylation is 2. The third-order valence-corrected chi connectivity index (χ3v) is 4.95. The fourth-order valence-corrected chi connectivity index (χ4v) is 3.67. The van der Waals surface area contributed by atoms with Crippen molar-refractivity contribution in [3.63, 3.8) is 0 Å². The number of carbonyl (C=O) groups is 1. The molecule has 124 valence electrons. The average molecular weight is 340 g/mol. The van der Waals surface area contributed by atoms with E-state index in [1.807, 2.05) is 63.2 Å². The summed E-state index contributed by atoms with van der Waals surface area (Å²) >= 11 is 1.54. The van der Waals surface area contributed by atoms with Gasteiger partial charge in [-0.05, 0) is 44.0 Å². The van der Waals surface area contributed by atoms with Gasteiger partial charge in [0.2, 0.25) is 0 Å². The molecule has 1 amide bonds. The average Bonchev–Trinajstić information content (AvgIpc) is 3.00. The van der Waals surface area contributed by atoms with Gasteiger partial charge in [0.1, 0.15) is 5.75 Å². The number of hydrogen-bond donors (Lipinski definition) is 0. The Bertz CT molecular complexity index is 873. The van der Waals surface area contributed by atoms with Crippen LogP contribution in [-0.4, -0.2) is 24.0 Å². The minimum absolute atomic E-state index is 0.00754. The normalized spacial score (nSPS) is 10.8. The van der Waals surface area contributed by atoms with Crippen LogP contribution in [0.3, 0.4) is 0 Å². The van der Waals surface area contributed by atoms with Gasteiger partial charge in [-0.25, -0.2) is 4.98 Å². The summed E-state index contributed by atoms with van der Waals surface area (Å²) in [6.07, 6.45) is 0. The molecule has 4 nitrogen and oxygen atoms in total. The number of amides is 1. The molecule has 0 fully saturated rings. The van der Waals surface area contributed by atoms with Gasteiger partial charge >= 0.3 is 0 Å². The predicted molar refractivity (Wildman–Crippen MR) is 99.1 cm³/mol. The summed E-state index contributed by atoms with van der Waals surface area (Å²) in [7, 11) is 0. The number of para-hydroxylation sites is 2. The van der Waals surface area contributed by atoms with Crippen LogP contribution < -0.4 is 9.64 Å². The van der Waals surface area contributed by atoms with Crippen LogP contribution in [0.1, 0.15) is 18.1 Å². The highest BCUT2D eigenvalue weighted by atomic mass is 32.1. The zero-order valence-electron chi connectivity index (χ0n) is 14.1. The second-order valence-electron chi connectivity index (χ2n) is 5.61. The SMILES string of the molecule is CCN(C(=O)COc1ccccc1C)c1nc2c(C)cccc2s1. The molecule has 0 aliphatic heterocycles. The molecule has 3 rings (SSSR count). The molecular formula is C19H20N2O2S. The fraction of sp³-hybridized carbons (Fsp3) is 0.263. The third-order valence-electron chi connectivity index (χ3n) is 3.90. The van der Waals surface area contributed by atoms with Gasteiger partial charge < -0.3 is 4.74 Å². The zero-order valence-corrected chi connectivity index (χ0v) is 14.9. The van der Waals surface area contributed by atoms with Crippen LogP contribution in [0.2, 0.25) is 0 Å². The number of thiazole rings is 1. The summed E-state index contributed by atoms with van der Waals surface area (Å²) in [5.41, 5.74) is 3.10. The number of likely N-dealkylation sites (N-methyl/N-ethyl adjacent to an activating group) is 1. The van der Waals surface area contributed by atoms with Crippen molar-refractivity contribution in [2.75, 3.05) is 18.1 Å². The number of rotatable bonds is 5.